The Kier molecular flexibility index (Phi) is 4.30. The Morgan fingerprint density at radius 2 is 1.68 bits per heavy atom. The number of cyclic esters (lactones) is 1. The second-order valence-electron chi connectivity index (χ2n) is 5.27. The predicted molar refractivity (Wildman–Crippen MR) is 59.5 cm³/mol. The van der Waals surface area contributed by atoms with Gasteiger partial charge < -0.3 is 9.47 Å². The first-order valence-electron chi connectivity index (χ1n) is 5.88. The average Bonchev–Trinajstić information content (AvgIpc) is 2.23. The number of hydrogen-bond donors (Lipinski definition) is 0. The van der Waals surface area contributed by atoms with Gasteiger partial charge >= 0.3 is 29.9 Å². The second kappa shape index (κ2) is 5.17. The summed E-state index contributed by atoms with van der Waals surface area (Å²) in [7, 11) is 0. The molecule has 1 fully saturated rings. The van der Waals surface area contributed by atoms with E-state index in [1.165, 1.54) is 0 Å². The number of carbonyl (C=O) groups excluding carboxylic acids is 2. The first-order chi connectivity index (χ1) is 9.64. The zero-order valence-corrected chi connectivity index (χ0v) is 11.5. The number of esters is 2. The lowest BCUT2D eigenvalue weighted by atomic mass is 9.81. The van der Waals surface area contributed by atoms with Crippen molar-refractivity contribution in [2.45, 2.75) is 50.2 Å². The second-order valence-corrected chi connectivity index (χ2v) is 5.27. The Balaban J connectivity index is 3.30. The Hall–Kier alpha value is -1.74. The van der Waals surface area contributed by atoms with Gasteiger partial charge in [-0.25, -0.2) is 4.79 Å². The predicted octanol–water partition coefficient (Wildman–Crippen LogP) is 3.06. The summed E-state index contributed by atoms with van der Waals surface area (Å²) in [5.74, 6) is -2.96. The van der Waals surface area contributed by atoms with Crippen molar-refractivity contribution in [1.82, 2.24) is 0 Å². The molecule has 1 aliphatic heterocycles. The van der Waals surface area contributed by atoms with Gasteiger partial charge in [-0.05, 0) is 13.8 Å². The fraction of sp³-hybridized carbons (Fsp3) is 0.667. The van der Waals surface area contributed by atoms with Crippen molar-refractivity contribution in [1.29, 1.82) is 0 Å². The summed E-state index contributed by atoms with van der Waals surface area (Å²) in [4.78, 5) is 22.7. The number of alkyl halides is 6. The van der Waals surface area contributed by atoms with Crippen LogP contribution in [-0.4, -0.2) is 35.5 Å². The van der Waals surface area contributed by atoms with Crippen LogP contribution >= 0.6 is 0 Å². The molecule has 0 aliphatic carbocycles. The number of hydrogen-bond acceptors (Lipinski definition) is 4. The fourth-order valence-corrected chi connectivity index (χ4v) is 2.02. The van der Waals surface area contributed by atoms with Crippen molar-refractivity contribution in [3.63, 3.8) is 0 Å². The van der Waals surface area contributed by atoms with Crippen molar-refractivity contribution >= 4 is 11.9 Å². The topological polar surface area (TPSA) is 52.6 Å². The molecule has 1 heterocycles. The van der Waals surface area contributed by atoms with E-state index in [1.807, 2.05) is 0 Å². The third-order valence-corrected chi connectivity index (χ3v) is 3.03. The van der Waals surface area contributed by atoms with Crippen LogP contribution in [0.5, 0.6) is 0 Å². The first kappa shape index (κ1) is 18.3. The maximum atomic E-state index is 12.9. The lowest BCUT2D eigenvalue weighted by Crippen LogP contribution is -2.66. The molecule has 1 saturated heterocycles. The summed E-state index contributed by atoms with van der Waals surface area (Å²) < 4.78 is 86.0. The highest BCUT2D eigenvalue weighted by Gasteiger charge is 2.77. The van der Waals surface area contributed by atoms with E-state index in [0.29, 0.717) is 0 Å². The molecule has 10 heteroatoms. The highest BCUT2D eigenvalue weighted by molar-refractivity contribution is 5.87. The van der Waals surface area contributed by atoms with Crippen LogP contribution in [0.4, 0.5) is 26.3 Å². The van der Waals surface area contributed by atoms with Gasteiger partial charge in [-0.1, -0.05) is 6.58 Å². The van der Waals surface area contributed by atoms with Crippen LogP contribution in [0.2, 0.25) is 0 Å². The molecule has 0 spiro atoms. The van der Waals surface area contributed by atoms with E-state index >= 15 is 0 Å². The SMILES string of the molecule is C=C(C)C(=O)OC1(C)CC(=O)OC(C(F)(F)F)(C(F)(F)F)C1. The smallest absolute Gasteiger partial charge is 0.437 e. The van der Waals surface area contributed by atoms with Crippen molar-refractivity contribution in [2.24, 2.45) is 0 Å². The van der Waals surface area contributed by atoms with Gasteiger partial charge in [-0.15, -0.1) is 0 Å². The minimum absolute atomic E-state index is 0.232. The molecule has 0 N–H and O–H groups in total. The molecule has 0 aromatic heterocycles. The van der Waals surface area contributed by atoms with Gasteiger partial charge in [0, 0.05) is 12.0 Å². The highest BCUT2D eigenvalue weighted by atomic mass is 19.4. The number of rotatable bonds is 2. The Bertz CT molecular complexity index is 493. The molecule has 22 heavy (non-hydrogen) atoms. The van der Waals surface area contributed by atoms with Crippen molar-refractivity contribution in [3.8, 4) is 0 Å². The van der Waals surface area contributed by atoms with Crippen molar-refractivity contribution in [2.75, 3.05) is 0 Å². The summed E-state index contributed by atoms with van der Waals surface area (Å²) >= 11 is 0. The summed E-state index contributed by atoms with van der Waals surface area (Å²) in [6, 6.07) is 0. The molecular weight excluding hydrogens is 322 g/mol. The molecule has 0 radical (unpaired) electrons. The molecule has 0 aromatic carbocycles. The summed E-state index contributed by atoms with van der Waals surface area (Å²) in [5, 5.41) is 0. The van der Waals surface area contributed by atoms with Gasteiger partial charge in [0.15, 0.2) is 0 Å². The Labute approximate surface area is 121 Å². The lowest BCUT2D eigenvalue weighted by molar-refractivity contribution is -0.386. The molecule has 1 aliphatic rings. The molecule has 4 nitrogen and oxygen atoms in total. The van der Waals surface area contributed by atoms with Crippen LogP contribution < -0.4 is 0 Å². The normalized spacial score (nSPS) is 25.4. The van der Waals surface area contributed by atoms with E-state index in [-0.39, 0.29) is 5.57 Å². The zero-order chi connectivity index (χ0) is 17.6. The van der Waals surface area contributed by atoms with Crippen LogP contribution in [0, 0.1) is 0 Å². The maximum absolute atomic E-state index is 12.9. The maximum Gasteiger partial charge on any atom is 0.437 e. The molecule has 0 saturated carbocycles. The molecule has 126 valence electrons. The van der Waals surface area contributed by atoms with E-state index in [1.54, 1.807) is 0 Å². The van der Waals surface area contributed by atoms with Crippen molar-refractivity contribution < 1.29 is 45.4 Å². The minimum atomic E-state index is -5.92. The van der Waals surface area contributed by atoms with Gasteiger partial charge in [-0.2, -0.15) is 26.3 Å². The van der Waals surface area contributed by atoms with E-state index < -0.39 is 48.3 Å². The van der Waals surface area contributed by atoms with Crippen molar-refractivity contribution in [3.05, 3.63) is 12.2 Å². The molecular formula is C12H12F6O4. The fourth-order valence-electron chi connectivity index (χ4n) is 2.02. The van der Waals surface area contributed by atoms with Crippen LogP contribution in [0.1, 0.15) is 26.7 Å². The zero-order valence-electron chi connectivity index (χ0n) is 11.5. The molecule has 0 amide bonds. The molecule has 1 atom stereocenters. The molecule has 0 bridgehead atoms. The van der Waals surface area contributed by atoms with Crippen LogP contribution in [0.3, 0.4) is 0 Å². The lowest BCUT2D eigenvalue weighted by Gasteiger charge is -2.45. The summed E-state index contributed by atoms with van der Waals surface area (Å²) in [6.07, 6.45) is -14.5. The van der Waals surface area contributed by atoms with Gasteiger partial charge in [0.25, 0.3) is 0 Å². The van der Waals surface area contributed by atoms with E-state index in [4.69, 9.17) is 0 Å². The first-order valence-corrected chi connectivity index (χ1v) is 5.88. The summed E-state index contributed by atoms with van der Waals surface area (Å²) in [5.41, 5.74) is -7.28. The summed E-state index contributed by atoms with van der Waals surface area (Å²) in [6.45, 7) is 5.14. The largest absolute Gasteiger partial charge is 0.455 e. The Morgan fingerprint density at radius 1 is 1.23 bits per heavy atom. The standard InChI is InChI=1S/C12H12F6O4/c1-6(2)8(20)22-9(3)4-7(19)21-10(5-9,11(13,14)15)12(16,17)18/h1,4-5H2,2-3H3. The monoisotopic (exact) mass is 334 g/mol. The van der Waals surface area contributed by atoms with E-state index in [0.717, 1.165) is 13.8 Å². The van der Waals surface area contributed by atoms with Gasteiger partial charge in [0.05, 0.1) is 6.42 Å². The third-order valence-electron chi connectivity index (χ3n) is 3.03. The van der Waals surface area contributed by atoms with Gasteiger partial charge in [0.1, 0.15) is 5.60 Å². The van der Waals surface area contributed by atoms with Gasteiger partial charge in [-0.3, -0.25) is 4.79 Å². The van der Waals surface area contributed by atoms with Gasteiger partial charge in [0.2, 0.25) is 0 Å². The van der Waals surface area contributed by atoms with E-state index in [2.05, 4.69) is 16.1 Å². The highest BCUT2D eigenvalue weighted by Crippen LogP contribution is 2.53. The molecule has 0 aromatic rings. The molecule has 1 unspecified atom stereocenters. The Morgan fingerprint density at radius 3 is 2.05 bits per heavy atom. The van der Waals surface area contributed by atoms with Crippen LogP contribution in [-0.2, 0) is 19.1 Å². The quantitative estimate of drug-likeness (QED) is 0.442. The minimum Gasteiger partial charge on any atom is -0.455 e. The van der Waals surface area contributed by atoms with Crippen LogP contribution in [0.25, 0.3) is 0 Å². The third kappa shape index (κ3) is 3.20. The van der Waals surface area contributed by atoms with E-state index in [9.17, 15) is 35.9 Å². The van der Waals surface area contributed by atoms with Crippen LogP contribution in [0.15, 0.2) is 12.2 Å². The number of ether oxygens (including phenoxy) is 2. The number of carbonyl (C=O) groups is 2. The average molecular weight is 334 g/mol. The molecule has 1 rings (SSSR count). The number of halogens is 6.